The minimum atomic E-state index is -0.147. The lowest BCUT2D eigenvalue weighted by atomic mass is 10.1. The van der Waals surface area contributed by atoms with Crippen molar-refractivity contribution < 1.29 is 5.11 Å². The van der Waals surface area contributed by atoms with Gasteiger partial charge in [0.15, 0.2) is 0 Å². The van der Waals surface area contributed by atoms with Crippen LogP contribution in [0.25, 0.3) is 0 Å². The Balaban J connectivity index is 2.10. The molecule has 0 radical (unpaired) electrons. The Bertz CT molecular complexity index is 363. The molecule has 0 spiro atoms. The average molecular weight is 236 g/mol. The first-order valence-electron chi connectivity index (χ1n) is 6.17. The van der Waals surface area contributed by atoms with E-state index in [0.29, 0.717) is 0 Å². The molecule has 0 saturated carbocycles. The molecule has 94 valence electrons. The maximum Gasteiger partial charge on any atom is 0.134 e. The van der Waals surface area contributed by atoms with Gasteiger partial charge in [0, 0.05) is 32.7 Å². The molecule has 1 fully saturated rings. The van der Waals surface area contributed by atoms with Crippen LogP contribution in [0.4, 0.5) is 11.6 Å². The Morgan fingerprint density at radius 1 is 1.41 bits per heavy atom. The summed E-state index contributed by atoms with van der Waals surface area (Å²) in [5.74, 6) is 1.91. The third-order valence-electron chi connectivity index (χ3n) is 3.29. The van der Waals surface area contributed by atoms with Crippen molar-refractivity contribution in [1.82, 2.24) is 9.97 Å². The Labute approximate surface area is 102 Å². The van der Waals surface area contributed by atoms with Gasteiger partial charge in [-0.25, -0.2) is 9.97 Å². The standard InChI is InChI=1S/C12H20N4O/c1-3-15(2)11-8-12(14-9-13-11)16-6-4-10(17)5-7-16/h8-10,17H,3-7H2,1-2H3. The lowest BCUT2D eigenvalue weighted by molar-refractivity contribution is 0.145. The number of anilines is 2. The Kier molecular flexibility index (Phi) is 3.78. The number of piperidine rings is 1. The van der Waals surface area contributed by atoms with Gasteiger partial charge in [-0.3, -0.25) is 0 Å². The second-order valence-corrected chi connectivity index (χ2v) is 4.47. The highest BCUT2D eigenvalue weighted by atomic mass is 16.3. The van der Waals surface area contributed by atoms with E-state index >= 15 is 0 Å². The molecular formula is C12H20N4O. The largest absolute Gasteiger partial charge is 0.393 e. The summed E-state index contributed by atoms with van der Waals surface area (Å²) in [4.78, 5) is 12.9. The maximum atomic E-state index is 9.49. The van der Waals surface area contributed by atoms with Gasteiger partial charge < -0.3 is 14.9 Å². The van der Waals surface area contributed by atoms with Gasteiger partial charge in [0.25, 0.3) is 0 Å². The van der Waals surface area contributed by atoms with Crippen molar-refractivity contribution in [2.45, 2.75) is 25.9 Å². The second-order valence-electron chi connectivity index (χ2n) is 4.47. The fourth-order valence-corrected chi connectivity index (χ4v) is 1.98. The van der Waals surface area contributed by atoms with Crippen LogP contribution in [-0.4, -0.2) is 47.9 Å². The maximum absolute atomic E-state index is 9.49. The van der Waals surface area contributed by atoms with Crippen molar-refractivity contribution in [2.75, 3.05) is 36.5 Å². The summed E-state index contributed by atoms with van der Waals surface area (Å²) in [6, 6.07) is 2.02. The molecule has 0 bridgehead atoms. The van der Waals surface area contributed by atoms with E-state index in [1.165, 1.54) is 0 Å². The van der Waals surface area contributed by atoms with E-state index in [-0.39, 0.29) is 6.10 Å². The topological polar surface area (TPSA) is 52.5 Å². The van der Waals surface area contributed by atoms with Crippen LogP contribution in [0.2, 0.25) is 0 Å². The third-order valence-corrected chi connectivity index (χ3v) is 3.29. The van der Waals surface area contributed by atoms with Gasteiger partial charge in [0.05, 0.1) is 6.10 Å². The third kappa shape index (κ3) is 2.85. The molecule has 1 N–H and O–H groups in total. The first-order chi connectivity index (χ1) is 8.20. The van der Waals surface area contributed by atoms with Gasteiger partial charge in [-0.05, 0) is 19.8 Å². The first-order valence-corrected chi connectivity index (χ1v) is 6.17. The molecule has 0 aromatic carbocycles. The van der Waals surface area contributed by atoms with Crippen molar-refractivity contribution in [3.8, 4) is 0 Å². The summed E-state index contributed by atoms with van der Waals surface area (Å²) in [5.41, 5.74) is 0. The van der Waals surface area contributed by atoms with Crippen LogP contribution in [-0.2, 0) is 0 Å². The fraction of sp³-hybridized carbons (Fsp3) is 0.667. The van der Waals surface area contributed by atoms with Crippen molar-refractivity contribution in [3.63, 3.8) is 0 Å². The SMILES string of the molecule is CCN(C)c1cc(N2CCC(O)CC2)ncn1. The van der Waals surface area contributed by atoms with E-state index in [1.807, 2.05) is 13.1 Å². The summed E-state index contributed by atoms with van der Waals surface area (Å²) in [7, 11) is 2.02. The van der Waals surface area contributed by atoms with Crippen LogP contribution in [0.5, 0.6) is 0 Å². The Morgan fingerprint density at radius 2 is 2.12 bits per heavy atom. The van der Waals surface area contributed by atoms with Crippen LogP contribution in [0.3, 0.4) is 0 Å². The normalized spacial score (nSPS) is 17.2. The molecule has 1 aromatic heterocycles. The lowest BCUT2D eigenvalue weighted by Crippen LogP contribution is -2.36. The van der Waals surface area contributed by atoms with Crippen LogP contribution >= 0.6 is 0 Å². The highest BCUT2D eigenvalue weighted by Gasteiger charge is 2.18. The van der Waals surface area contributed by atoms with Gasteiger partial charge in [0.1, 0.15) is 18.0 Å². The highest BCUT2D eigenvalue weighted by Crippen LogP contribution is 2.20. The average Bonchev–Trinajstić information content (AvgIpc) is 2.39. The van der Waals surface area contributed by atoms with Crippen molar-refractivity contribution in [3.05, 3.63) is 12.4 Å². The molecule has 5 nitrogen and oxygen atoms in total. The first kappa shape index (κ1) is 12.1. The van der Waals surface area contributed by atoms with Crippen molar-refractivity contribution in [1.29, 1.82) is 0 Å². The van der Waals surface area contributed by atoms with E-state index in [4.69, 9.17) is 0 Å². The Morgan fingerprint density at radius 3 is 2.76 bits per heavy atom. The molecule has 5 heteroatoms. The van der Waals surface area contributed by atoms with Crippen LogP contribution < -0.4 is 9.80 Å². The molecule has 1 aliphatic heterocycles. The molecule has 2 rings (SSSR count). The van der Waals surface area contributed by atoms with Crippen molar-refractivity contribution >= 4 is 11.6 Å². The van der Waals surface area contributed by atoms with E-state index < -0.39 is 0 Å². The molecule has 1 aromatic rings. The molecular weight excluding hydrogens is 216 g/mol. The minimum absolute atomic E-state index is 0.147. The van der Waals surface area contributed by atoms with Gasteiger partial charge in [-0.15, -0.1) is 0 Å². The number of nitrogens with zero attached hydrogens (tertiary/aromatic N) is 4. The molecule has 0 unspecified atom stereocenters. The monoisotopic (exact) mass is 236 g/mol. The number of hydrogen-bond acceptors (Lipinski definition) is 5. The molecule has 0 amide bonds. The Hall–Kier alpha value is -1.36. The summed E-state index contributed by atoms with van der Waals surface area (Å²) < 4.78 is 0. The summed E-state index contributed by atoms with van der Waals surface area (Å²) in [6.07, 6.45) is 3.11. The second kappa shape index (κ2) is 5.31. The van der Waals surface area contributed by atoms with Crippen molar-refractivity contribution in [2.24, 2.45) is 0 Å². The van der Waals surface area contributed by atoms with Gasteiger partial charge in [-0.1, -0.05) is 0 Å². The predicted molar refractivity (Wildman–Crippen MR) is 68.4 cm³/mol. The summed E-state index contributed by atoms with van der Waals surface area (Å²) in [5, 5.41) is 9.49. The van der Waals surface area contributed by atoms with E-state index in [2.05, 4.69) is 26.7 Å². The molecule has 1 aliphatic rings. The number of aliphatic hydroxyl groups is 1. The van der Waals surface area contributed by atoms with Gasteiger partial charge >= 0.3 is 0 Å². The zero-order valence-corrected chi connectivity index (χ0v) is 10.5. The summed E-state index contributed by atoms with van der Waals surface area (Å²) in [6.45, 7) is 4.76. The van der Waals surface area contributed by atoms with Crippen LogP contribution in [0.1, 0.15) is 19.8 Å². The van der Waals surface area contributed by atoms with E-state index in [9.17, 15) is 5.11 Å². The van der Waals surface area contributed by atoms with Gasteiger partial charge in [-0.2, -0.15) is 0 Å². The number of rotatable bonds is 3. The molecule has 2 heterocycles. The van der Waals surface area contributed by atoms with Gasteiger partial charge in [0.2, 0.25) is 0 Å². The molecule has 17 heavy (non-hydrogen) atoms. The molecule has 0 aliphatic carbocycles. The smallest absolute Gasteiger partial charge is 0.134 e. The number of aliphatic hydroxyl groups excluding tert-OH is 1. The van der Waals surface area contributed by atoms with Crippen LogP contribution in [0, 0.1) is 0 Å². The summed E-state index contributed by atoms with van der Waals surface area (Å²) >= 11 is 0. The number of aromatic nitrogens is 2. The zero-order valence-electron chi connectivity index (χ0n) is 10.5. The minimum Gasteiger partial charge on any atom is -0.393 e. The zero-order chi connectivity index (χ0) is 12.3. The van der Waals surface area contributed by atoms with E-state index in [1.54, 1.807) is 6.33 Å². The predicted octanol–water partition coefficient (Wildman–Crippen LogP) is 0.894. The molecule has 1 saturated heterocycles. The lowest BCUT2D eigenvalue weighted by Gasteiger charge is -2.30. The highest BCUT2D eigenvalue weighted by molar-refractivity contribution is 5.49. The molecule has 0 atom stereocenters. The fourth-order valence-electron chi connectivity index (χ4n) is 1.98. The van der Waals surface area contributed by atoms with E-state index in [0.717, 1.165) is 44.1 Å². The quantitative estimate of drug-likeness (QED) is 0.845. The van der Waals surface area contributed by atoms with Crippen LogP contribution in [0.15, 0.2) is 12.4 Å². The number of hydrogen-bond donors (Lipinski definition) is 1.